The lowest BCUT2D eigenvalue weighted by Gasteiger charge is -2.15. The second-order valence-corrected chi connectivity index (χ2v) is 4.85. The van der Waals surface area contributed by atoms with Gasteiger partial charge in [0.2, 0.25) is 5.91 Å². The summed E-state index contributed by atoms with van der Waals surface area (Å²) in [4.78, 5) is 11.4. The van der Waals surface area contributed by atoms with Crippen LogP contribution in [-0.2, 0) is 4.79 Å². The average Bonchev–Trinajstić information content (AvgIpc) is 2.12. The van der Waals surface area contributed by atoms with Gasteiger partial charge in [-0.2, -0.15) is 0 Å². The maximum Gasteiger partial charge on any atom is 0.233 e. The minimum atomic E-state index is -0.741. The highest BCUT2D eigenvalue weighted by atomic mass is 32.2. The molecule has 0 rings (SSSR count). The van der Waals surface area contributed by atoms with Crippen molar-refractivity contribution in [3.05, 3.63) is 0 Å². The molecule has 0 aliphatic carbocycles. The third kappa shape index (κ3) is 6.23. The number of nitrogens with one attached hydrogen (secondary N) is 1. The molecule has 2 atom stereocenters. The van der Waals surface area contributed by atoms with Crippen LogP contribution in [-0.4, -0.2) is 45.9 Å². The predicted octanol–water partition coefficient (Wildman–Crippen LogP) is -0.0141. The molecule has 1 amide bonds. The standard InChI is InChI=1S/C9H19NO3S/c1-6(2)10-9(13)7(3)14-5-8(12)4-11/h6-8,11-12H,4-5H2,1-3H3,(H,10,13). The van der Waals surface area contributed by atoms with Gasteiger partial charge in [0.1, 0.15) is 0 Å². The normalized spacial score (nSPS) is 15.3. The summed E-state index contributed by atoms with van der Waals surface area (Å²) >= 11 is 1.34. The van der Waals surface area contributed by atoms with E-state index in [-0.39, 0.29) is 23.8 Å². The fourth-order valence-electron chi connectivity index (χ4n) is 0.786. The highest BCUT2D eigenvalue weighted by molar-refractivity contribution is 8.00. The Morgan fingerprint density at radius 1 is 1.43 bits per heavy atom. The second-order valence-electron chi connectivity index (χ2n) is 3.48. The molecule has 0 aromatic rings. The molecule has 0 aliphatic heterocycles. The Bertz CT molecular complexity index is 175. The molecule has 3 N–H and O–H groups in total. The van der Waals surface area contributed by atoms with Gasteiger partial charge in [-0.1, -0.05) is 0 Å². The highest BCUT2D eigenvalue weighted by Crippen LogP contribution is 2.11. The van der Waals surface area contributed by atoms with Crippen molar-refractivity contribution < 1.29 is 15.0 Å². The van der Waals surface area contributed by atoms with E-state index < -0.39 is 6.10 Å². The number of aliphatic hydroxyl groups is 2. The van der Waals surface area contributed by atoms with E-state index in [0.717, 1.165) is 0 Å². The molecule has 5 heteroatoms. The van der Waals surface area contributed by atoms with Crippen LogP contribution >= 0.6 is 11.8 Å². The molecule has 0 radical (unpaired) electrons. The minimum absolute atomic E-state index is 0.0323. The molecule has 0 heterocycles. The molecule has 0 aromatic carbocycles. The quantitative estimate of drug-likeness (QED) is 0.590. The van der Waals surface area contributed by atoms with Gasteiger partial charge in [-0.05, 0) is 20.8 Å². The molecular formula is C9H19NO3S. The lowest BCUT2D eigenvalue weighted by atomic mass is 10.3. The Morgan fingerprint density at radius 3 is 2.43 bits per heavy atom. The Balaban J connectivity index is 3.72. The van der Waals surface area contributed by atoms with Gasteiger partial charge in [0, 0.05) is 11.8 Å². The molecule has 4 nitrogen and oxygen atoms in total. The van der Waals surface area contributed by atoms with Crippen molar-refractivity contribution in [3.63, 3.8) is 0 Å². The summed E-state index contributed by atoms with van der Waals surface area (Å²) in [5.74, 6) is 0.346. The number of carbonyl (C=O) groups excluding carboxylic acids is 1. The van der Waals surface area contributed by atoms with Crippen molar-refractivity contribution >= 4 is 17.7 Å². The van der Waals surface area contributed by atoms with Crippen LogP contribution in [0.5, 0.6) is 0 Å². The number of carbonyl (C=O) groups is 1. The second kappa shape index (κ2) is 7.09. The SMILES string of the molecule is CC(C)NC(=O)C(C)SCC(O)CO. The summed E-state index contributed by atoms with van der Waals surface area (Å²) in [6.07, 6.45) is -0.741. The van der Waals surface area contributed by atoms with Crippen LogP contribution < -0.4 is 5.32 Å². The van der Waals surface area contributed by atoms with E-state index in [0.29, 0.717) is 5.75 Å². The average molecular weight is 221 g/mol. The third-order valence-electron chi connectivity index (χ3n) is 1.55. The first-order valence-electron chi connectivity index (χ1n) is 4.68. The number of hydrogen-bond donors (Lipinski definition) is 3. The zero-order valence-corrected chi connectivity index (χ0v) is 9.67. The van der Waals surface area contributed by atoms with Gasteiger partial charge in [0.15, 0.2) is 0 Å². The molecular weight excluding hydrogens is 202 g/mol. The highest BCUT2D eigenvalue weighted by Gasteiger charge is 2.15. The van der Waals surface area contributed by atoms with Crippen molar-refractivity contribution in [3.8, 4) is 0 Å². The van der Waals surface area contributed by atoms with Crippen molar-refractivity contribution in [2.75, 3.05) is 12.4 Å². The Morgan fingerprint density at radius 2 is 2.00 bits per heavy atom. The monoisotopic (exact) mass is 221 g/mol. The minimum Gasteiger partial charge on any atom is -0.394 e. The molecule has 0 saturated heterocycles. The summed E-state index contributed by atoms with van der Waals surface area (Å²) in [6.45, 7) is 5.33. The summed E-state index contributed by atoms with van der Waals surface area (Å²) in [5, 5.41) is 20.2. The number of aliphatic hydroxyl groups excluding tert-OH is 2. The van der Waals surface area contributed by atoms with Gasteiger partial charge >= 0.3 is 0 Å². The number of rotatable bonds is 6. The van der Waals surface area contributed by atoms with E-state index in [4.69, 9.17) is 10.2 Å². The Hall–Kier alpha value is -0.260. The molecule has 0 spiro atoms. The van der Waals surface area contributed by atoms with Gasteiger partial charge in [-0.25, -0.2) is 0 Å². The predicted molar refractivity (Wildman–Crippen MR) is 58.3 cm³/mol. The van der Waals surface area contributed by atoms with Crippen LogP contribution in [0.3, 0.4) is 0 Å². The van der Waals surface area contributed by atoms with Crippen LogP contribution in [0.25, 0.3) is 0 Å². The summed E-state index contributed by atoms with van der Waals surface area (Å²) in [5.41, 5.74) is 0. The summed E-state index contributed by atoms with van der Waals surface area (Å²) < 4.78 is 0. The van der Waals surface area contributed by atoms with Crippen LogP contribution in [0, 0.1) is 0 Å². The van der Waals surface area contributed by atoms with Crippen molar-refractivity contribution in [2.24, 2.45) is 0 Å². The van der Waals surface area contributed by atoms with E-state index in [1.54, 1.807) is 6.92 Å². The third-order valence-corrected chi connectivity index (χ3v) is 2.84. The van der Waals surface area contributed by atoms with Gasteiger partial charge < -0.3 is 15.5 Å². The molecule has 0 aromatic heterocycles. The van der Waals surface area contributed by atoms with E-state index in [2.05, 4.69) is 5.32 Å². The number of thioether (sulfide) groups is 1. The van der Waals surface area contributed by atoms with Crippen molar-refractivity contribution in [1.82, 2.24) is 5.32 Å². The molecule has 0 aliphatic rings. The number of amides is 1. The van der Waals surface area contributed by atoms with Crippen LogP contribution in [0.2, 0.25) is 0 Å². The summed E-state index contributed by atoms with van der Waals surface area (Å²) in [6, 6.07) is 0.133. The van der Waals surface area contributed by atoms with Gasteiger partial charge in [0.05, 0.1) is 18.0 Å². The smallest absolute Gasteiger partial charge is 0.233 e. The van der Waals surface area contributed by atoms with Crippen molar-refractivity contribution in [1.29, 1.82) is 0 Å². The maximum atomic E-state index is 11.4. The molecule has 0 fully saturated rings. The first-order valence-corrected chi connectivity index (χ1v) is 5.73. The van der Waals surface area contributed by atoms with Crippen LogP contribution in [0.1, 0.15) is 20.8 Å². The Kier molecular flexibility index (Phi) is 6.96. The molecule has 2 unspecified atom stereocenters. The zero-order valence-electron chi connectivity index (χ0n) is 8.86. The van der Waals surface area contributed by atoms with E-state index >= 15 is 0 Å². The van der Waals surface area contributed by atoms with Crippen molar-refractivity contribution in [2.45, 2.75) is 38.2 Å². The number of hydrogen-bond acceptors (Lipinski definition) is 4. The van der Waals surface area contributed by atoms with E-state index in [1.165, 1.54) is 11.8 Å². The van der Waals surface area contributed by atoms with Gasteiger partial charge in [-0.3, -0.25) is 4.79 Å². The molecule has 84 valence electrons. The van der Waals surface area contributed by atoms with Crippen LogP contribution in [0.15, 0.2) is 0 Å². The fraction of sp³-hybridized carbons (Fsp3) is 0.889. The lowest BCUT2D eigenvalue weighted by Crippen LogP contribution is -2.36. The van der Waals surface area contributed by atoms with Gasteiger partial charge in [0.25, 0.3) is 0 Å². The summed E-state index contributed by atoms with van der Waals surface area (Å²) in [7, 11) is 0. The lowest BCUT2D eigenvalue weighted by molar-refractivity contribution is -0.120. The largest absolute Gasteiger partial charge is 0.394 e. The Labute approximate surface area is 89.1 Å². The maximum absolute atomic E-state index is 11.4. The molecule has 0 saturated carbocycles. The fourth-order valence-corrected chi connectivity index (χ4v) is 1.62. The molecule has 0 bridgehead atoms. The molecule has 14 heavy (non-hydrogen) atoms. The first-order chi connectivity index (χ1) is 6.47. The van der Waals surface area contributed by atoms with Crippen LogP contribution in [0.4, 0.5) is 0 Å². The van der Waals surface area contributed by atoms with E-state index in [9.17, 15) is 4.79 Å². The first kappa shape index (κ1) is 13.7. The zero-order chi connectivity index (χ0) is 11.1. The topological polar surface area (TPSA) is 69.6 Å². The van der Waals surface area contributed by atoms with Gasteiger partial charge in [-0.15, -0.1) is 11.8 Å². The van der Waals surface area contributed by atoms with E-state index in [1.807, 2.05) is 13.8 Å².